The van der Waals surface area contributed by atoms with Crippen molar-refractivity contribution in [1.82, 2.24) is 0 Å². The molecule has 1 aromatic carbocycles. The Hall–Kier alpha value is -0.780. The molecule has 1 aromatic rings. The normalized spacial score (nSPS) is 11.5. The van der Waals surface area contributed by atoms with Crippen molar-refractivity contribution >= 4 is 0 Å². The Balaban J connectivity index is 0.000000921. The first-order chi connectivity index (χ1) is 7.27. The van der Waals surface area contributed by atoms with Gasteiger partial charge in [-0.05, 0) is 29.9 Å². The first-order valence-electron chi connectivity index (χ1n) is 6.36. The third-order valence-corrected chi connectivity index (χ3v) is 2.67. The molecular formula is C15H26. The Morgan fingerprint density at radius 2 is 1.80 bits per heavy atom. The predicted octanol–water partition coefficient (Wildman–Crippen LogP) is 5.18. The van der Waals surface area contributed by atoms with Gasteiger partial charge in [0.2, 0.25) is 0 Å². The van der Waals surface area contributed by atoms with Crippen LogP contribution in [0.4, 0.5) is 0 Å². The predicted molar refractivity (Wildman–Crippen MR) is 70.5 cm³/mol. The van der Waals surface area contributed by atoms with Gasteiger partial charge in [0, 0.05) is 0 Å². The molecule has 86 valence electrons. The van der Waals surface area contributed by atoms with Crippen LogP contribution in [0.25, 0.3) is 0 Å². The molecule has 0 amide bonds. The highest BCUT2D eigenvalue weighted by atomic mass is 14.1. The number of benzene rings is 1. The SMILES string of the molecule is CC.CCCc1cccc(C(C)CC)c1. The van der Waals surface area contributed by atoms with E-state index in [4.69, 9.17) is 0 Å². The van der Waals surface area contributed by atoms with Crippen molar-refractivity contribution in [3.8, 4) is 0 Å². The van der Waals surface area contributed by atoms with Crippen LogP contribution in [0.3, 0.4) is 0 Å². The molecule has 0 aromatic heterocycles. The van der Waals surface area contributed by atoms with Crippen LogP contribution in [0.5, 0.6) is 0 Å². The summed E-state index contributed by atoms with van der Waals surface area (Å²) in [7, 11) is 0. The summed E-state index contributed by atoms with van der Waals surface area (Å²) in [6.45, 7) is 10.8. The summed E-state index contributed by atoms with van der Waals surface area (Å²) >= 11 is 0. The lowest BCUT2D eigenvalue weighted by Gasteiger charge is -2.10. The molecule has 0 aliphatic carbocycles. The quantitative estimate of drug-likeness (QED) is 0.637. The molecule has 1 rings (SSSR count). The lowest BCUT2D eigenvalue weighted by molar-refractivity contribution is 0.731. The van der Waals surface area contributed by atoms with Crippen LogP contribution in [0, 0.1) is 0 Å². The summed E-state index contributed by atoms with van der Waals surface area (Å²) in [6.07, 6.45) is 3.68. The Morgan fingerprint density at radius 1 is 1.13 bits per heavy atom. The third-order valence-electron chi connectivity index (χ3n) is 2.67. The van der Waals surface area contributed by atoms with E-state index in [1.807, 2.05) is 13.8 Å². The van der Waals surface area contributed by atoms with Crippen molar-refractivity contribution in [1.29, 1.82) is 0 Å². The van der Waals surface area contributed by atoms with Gasteiger partial charge in [-0.2, -0.15) is 0 Å². The Kier molecular flexibility index (Phi) is 8.08. The van der Waals surface area contributed by atoms with Crippen LogP contribution in [-0.4, -0.2) is 0 Å². The van der Waals surface area contributed by atoms with Crippen LogP contribution in [0.15, 0.2) is 24.3 Å². The average molecular weight is 206 g/mol. The minimum Gasteiger partial charge on any atom is -0.0683 e. The minimum atomic E-state index is 0.705. The zero-order valence-corrected chi connectivity index (χ0v) is 11.0. The maximum Gasteiger partial charge on any atom is -0.0193 e. The number of aryl methyl sites for hydroxylation is 1. The molecule has 0 saturated heterocycles. The van der Waals surface area contributed by atoms with Crippen molar-refractivity contribution < 1.29 is 0 Å². The van der Waals surface area contributed by atoms with Crippen molar-refractivity contribution in [2.24, 2.45) is 0 Å². The van der Waals surface area contributed by atoms with E-state index in [2.05, 4.69) is 45.0 Å². The van der Waals surface area contributed by atoms with E-state index in [1.54, 1.807) is 0 Å². The van der Waals surface area contributed by atoms with Crippen molar-refractivity contribution in [3.05, 3.63) is 35.4 Å². The zero-order chi connectivity index (χ0) is 11.7. The van der Waals surface area contributed by atoms with Gasteiger partial charge < -0.3 is 0 Å². The van der Waals surface area contributed by atoms with Gasteiger partial charge >= 0.3 is 0 Å². The summed E-state index contributed by atoms with van der Waals surface area (Å²) in [5.41, 5.74) is 2.98. The van der Waals surface area contributed by atoms with E-state index >= 15 is 0 Å². The highest BCUT2D eigenvalue weighted by molar-refractivity contribution is 5.26. The van der Waals surface area contributed by atoms with E-state index in [1.165, 1.54) is 30.4 Å². The van der Waals surface area contributed by atoms with Crippen molar-refractivity contribution in [2.45, 2.75) is 59.8 Å². The fourth-order valence-corrected chi connectivity index (χ4v) is 1.58. The lowest BCUT2D eigenvalue weighted by Crippen LogP contribution is -1.92. The molecule has 0 aliphatic rings. The van der Waals surface area contributed by atoms with E-state index < -0.39 is 0 Å². The lowest BCUT2D eigenvalue weighted by atomic mass is 9.96. The second kappa shape index (κ2) is 8.52. The van der Waals surface area contributed by atoms with Gasteiger partial charge in [-0.25, -0.2) is 0 Å². The van der Waals surface area contributed by atoms with Crippen LogP contribution in [-0.2, 0) is 6.42 Å². The molecule has 15 heavy (non-hydrogen) atoms. The summed E-state index contributed by atoms with van der Waals surface area (Å²) in [5, 5.41) is 0. The fourth-order valence-electron chi connectivity index (χ4n) is 1.58. The maximum absolute atomic E-state index is 2.36. The van der Waals surface area contributed by atoms with Gasteiger partial charge in [0.15, 0.2) is 0 Å². The maximum atomic E-state index is 2.36. The number of hydrogen-bond acceptors (Lipinski definition) is 0. The standard InChI is InChI=1S/C13H20.C2H6/c1-4-7-12-8-6-9-13(10-12)11(3)5-2;1-2/h6,8-11H,4-5,7H2,1-3H3;1-2H3. The van der Waals surface area contributed by atoms with Crippen LogP contribution < -0.4 is 0 Å². The molecule has 1 unspecified atom stereocenters. The molecule has 0 N–H and O–H groups in total. The highest BCUT2D eigenvalue weighted by Gasteiger charge is 2.02. The van der Waals surface area contributed by atoms with Gasteiger partial charge in [-0.1, -0.05) is 65.3 Å². The first kappa shape index (κ1) is 14.2. The van der Waals surface area contributed by atoms with Crippen LogP contribution in [0.2, 0.25) is 0 Å². The van der Waals surface area contributed by atoms with E-state index in [0.717, 1.165) is 0 Å². The molecule has 0 heterocycles. The Morgan fingerprint density at radius 3 is 2.33 bits per heavy atom. The molecule has 0 heteroatoms. The van der Waals surface area contributed by atoms with Crippen molar-refractivity contribution in [2.75, 3.05) is 0 Å². The van der Waals surface area contributed by atoms with Crippen LogP contribution in [0.1, 0.15) is 64.5 Å². The summed E-state index contributed by atoms with van der Waals surface area (Å²) in [5.74, 6) is 0.705. The number of hydrogen-bond donors (Lipinski definition) is 0. The monoisotopic (exact) mass is 206 g/mol. The molecule has 1 atom stereocenters. The second-order valence-electron chi connectivity index (χ2n) is 3.80. The molecular weight excluding hydrogens is 180 g/mol. The van der Waals surface area contributed by atoms with Crippen molar-refractivity contribution in [3.63, 3.8) is 0 Å². The minimum absolute atomic E-state index is 0.705. The molecule has 0 aliphatic heterocycles. The van der Waals surface area contributed by atoms with E-state index in [9.17, 15) is 0 Å². The molecule has 0 bridgehead atoms. The molecule has 0 spiro atoms. The molecule has 0 nitrogen and oxygen atoms in total. The van der Waals surface area contributed by atoms with Crippen LogP contribution >= 0.6 is 0 Å². The largest absolute Gasteiger partial charge is 0.0683 e. The average Bonchev–Trinajstić information content (AvgIpc) is 2.31. The van der Waals surface area contributed by atoms with Gasteiger partial charge in [0.25, 0.3) is 0 Å². The topological polar surface area (TPSA) is 0 Å². The van der Waals surface area contributed by atoms with E-state index in [-0.39, 0.29) is 0 Å². The van der Waals surface area contributed by atoms with Gasteiger partial charge in [0.1, 0.15) is 0 Å². The fraction of sp³-hybridized carbons (Fsp3) is 0.600. The summed E-state index contributed by atoms with van der Waals surface area (Å²) in [6, 6.07) is 9.02. The zero-order valence-electron chi connectivity index (χ0n) is 11.0. The van der Waals surface area contributed by atoms with Gasteiger partial charge in [-0.3, -0.25) is 0 Å². The molecule has 0 radical (unpaired) electrons. The second-order valence-corrected chi connectivity index (χ2v) is 3.80. The van der Waals surface area contributed by atoms with E-state index in [0.29, 0.717) is 5.92 Å². The van der Waals surface area contributed by atoms with Gasteiger partial charge in [-0.15, -0.1) is 0 Å². The Labute approximate surface area is 95.7 Å². The summed E-state index contributed by atoms with van der Waals surface area (Å²) < 4.78 is 0. The molecule has 0 fully saturated rings. The first-order valence-corrected chi connectivity index (χ1v) is 6.36. The smallest absolute Gasteiger partial charge is 0.0193 e. The van der Waals surface area contributed by atoms with Gasteiger partial charge in [0.05, 0.1) is 0 Å². The highest BCUT2D eigenvalue weighted by Crippen LogP contribution is 2.19. The third kappa shape index (κ3) is 5.01. The number of rotatable bonds is 4. The Bertz CT molecular complexity index is 250. The molecule has 0 saturated carbocycles. The summed E-state index contributed by atoms with van der Waals surface area (Å²) in [4.78, 5) is 0.